The van der Waals surface area contributed by atoms with Gasteiger partial charge in [-0.05, 0) is 92.0 Å². The molecular formula is C42H47ClN4O7. The zero-order valence-corrected chi connectivity index (χ0v) is 31.4. The number of aliphatic hydroxyl groups excluding tert-OH is 2. The van der Waals surface area contributed by atoms with Crippen molar-refractivity contribution < 1.29 is 34.3 Å². The number of carbonyl (C=O) groups is 1. The highest BCUT2D eigenvalue weighted by Gasteiger charge is 2.33. The van der Waals surface area contributed by atoms with E-state index in [9.17, 15) is 25.4 Å². The second-order valence-electron chi connectivity index (χ2n) is 14.2. The first kappa shape index (κ1) is 39.0. The van der Waals surface area contributed by atoms with Crippen LogP contribution in [0, 0.1) is 18.3 Å². The number of aliphatic hydroxyl groups is 2. The van der Waals surface area contributed by atoms with E-state index in [-0.39, 0.29) is 25.4 Å². The third-order valence-corrected chi connectivity index (χ3v) is 10.7. The molecule has 1 aliphatic heterocycles. The number of nitrogens with zero attached hydrogens (tertiary/aromatic N) is 3. The monoisotopic (exact) mass is 754 g/mol. The number of benzene rings is 3. The van der Waals surface area contributed by atoms with Gasteiger partial charge in [0.25, 0.3) is 0 Å². The lowest BCUT2D eigenvalue weighted by Gasteiger charge is -2.29. The second-order valence-corrected chi connectivity index (χ2v) is 14.7. The summed E-state index contributed by atoms with van der Waals surface area (Å²) in [4.78, 5) is 18.4. The Bertz CT molecular complexity index is 1990. The summed E-state index contributed by atoms with van der Waals surface area (Å²) in [5, 5.41) is 41.8. The van der Waals surface area contributed by atoms with Crippen LogP contribution in [-0.2, 0) is 24.4 Å². The van der Waals surface area contributed by atoms with Crippen molar-refractivity contribution in [1.29, 1.82) is 5.26 Å². The Morgan fingerprint density at radius 1 is 1.06 bits per heavy atom. The van der Waals surface area contributed by atoms with Crippen LogP contribution in [0.5, 0.6) is 17.2 Å². The van der Waals surface area contributed by atoms with Gasteiger partial charge in [-0.2, -0.15) is 5.26 Å². The molecule has 1 saturated heterocycles. The van der Waals surface area contributed by atoms with Crippen LogP contribution in [0.3, 0.4) is 0 Å². The average Bonchev–Trinajstić information content (AvgIpc) is 3.60. The molecule has 0 spiro atoms. The topological polar surface area (TPSA) is 157 Å². The lowest BCUT2D eigenvalue weighted by molar-refractivity contribution is -0.145. The van der Waals surface area contributed by atoms with Gasteiger partial charge in [0.15, 0.2) is 0 Å². The molecular weight excluding hydrogens is 708 g/mol. The molecule has 0 saturated carbocycles. The van der Waals surface area contributed by atoms with Crippen molar-refractivity contribution in [2.75, 3.05) is 32.8 Å². The van der Waals surface area contributed by atoms with Gasteiger partial charge in [-0.3, -0.25) is 15.1 Å². The van der Waals surface area contributed by atoms with Crippen LogP contribution < -0.4 is 19.5 Å². The maximum absolute atomic E-state index is 11.9. The van der Waals surface area contributed by atoms with Crippen molar-refractivity contribution >= 4 is 17.6 Å². The molecule has 0 amide bonds. The van der Waals surface area contributed by atoms with Crippen LogP contribution in [-0.4, -0.2) is 75.7 Å². The third-order valence-electron chi connectivity index (χ3n) is 10.4. The molecule has 2 heterocycles. The smallest absolute Gasteiger partial charge is 0.326 e. The number of rotatable bonds is 16. The van der Waals surface area contributed by atoms with Crippen LogP contribution in [0.1, 0.15) is 72.1 Å². The number of ether oxygens (including phenoxy) is 3. The molecule has 0 bridgehead atoms. The highest BCUT2D eigenvalue weighted by molar-refractivity contribution is 6.32. The fraction of sp³-hybridized carbons (Fsp3) is 0.405. The molecule has 11 nitrogen and oxygen atoms in total. The van der Waals surface area contributed by atoms with Crippen molar-refractivity contribution in [3.63, 3.8) is 0 Å². The first-order chi connectivity index (χ1) is 26.1. The van der Waals surface area contributed by atoms with E-state index in [4.69, 9.17) is 25.8 Å². The van der Waals surface area contributed by atoms with Gasteiger partial charge in [-0.15, -0.1) is 0 Å². The molecule has 2 aliphatic rings. The number of carboxylic acids is 1. The highest BCUT2D eigenvalue weighted by atomic mass is 35.5. The van der Waals surface area contributed by atoms with Gasteiger partial charge in [0.05, 0.1) is 29.9 Å². The average molecular weight is 755 g/mol. The van der Waals surface area contributed by atoms with Crippen molar-refractivity contribution in [2.24, 2.45) is 0 Å². The lowest BCUT2D eigenvalue weighted by Crippen LogP contribution is -2.52. The van der Waals surface area contributed by atoms with Crippen molar-refractivity contribution in [1.82, 2.24) is 15.2 Å². The normalized spacial score (nSPS) is 17.0. The first-order valence-corrected chi connectivity index (χ1v) is 18.8. The fourth-order valence-electron chi connectivity index (χ4n) is 7.04. The van der Waals surface area contributed by atoms with Crippen molar-refractivity contribution in [3.8, 4) is 34.4 Å². The largest absolute Gasteiger partial charge is 0.493 e. The van der Waals surface area contributed by atoms with Gasteiger partial charge in [-0.1, -0.05) is 41.9 Å². The van der Waals surface area contributed by atoms with E-state index in [2.05, 4.69) is 46.4 Å². The Kier molecular flexibility index (Phi) is 12.7. The van der Waals surface area contributed by atoms with E-state index in [0.717, 1.165) is 79.7 Å². The Hall–Kier alpha value is -4.70. The number of fused-ring (bicyclic) bond motifs is 1. The molecule has 54 heavy (non-hydrogen) atoms. The lowest BCUT2D eigenvalue weighted by atomic mass is 9.93. The summed E-state index contributed by atoms with van der Waals surface area (Å²) in [6.45, 7) is 6.45. The highest BCUT2D eigenvalue weighted by Crippen LogP contribution is 2.44. The van der Waals surface area contributed by atoms with E-state index in [1.54, 1.807) is 24.4 Å². The summed E-state index contributed by atoms with van der Waals surface area (Å²) in [6.07, 6.45) is 6.78. The minimum absolute atomic E-state index is 0.0381. The van der Waals surface area contributed by atoms with E-state index in [1.807, 2.05) is 18.2 Å². The molecule has 4 N–H and O–H groups in total. The van der Waals surface area contributed by atoms with Crippen molar-refractivity contribution in [2.45, 2.75) is 76.9 Å². The summed E-state index contributed by atoms with van der Waals surface area (Å²) in [6, 6.07) is 19.6. The van der Waals surface area contributed by atoms with Crippen LogP contribution in [0.4, 0.5) is 0 Å². The van der Waals surface area contributed by atoms with E-state index >= 15 is 0 Å². The van der Waals surface area contributed by atoms with Gasteiger partial charge >= 0.3 is 5.97 Å². The summed E-state index contributed by atoms with van der Waals surface area (Å²) < 4.78 is 19.1. The first-order valence-electron chi connectivity index (χ1n) is 18.4. The molecule has 284 valence electrons. The maximum Gasteiger partial charge on any atom is 0.326 e. The van der Waals surface area contributed by atoms with Gasteiger partial charge in [-0.25, -0.2) is 0 Å². The van der Waals surface area contributed by atoms with Gasteiger partial charge in [0, 0.05) is 55.8 Å². The number of nitriles is 1. The quantitative estimate of drug-likeness (QED) is 0.0942. The number of aromatic nitrogens is 1. The van der Waals surface area contributed by atoms with Crippen LogP contribution >= 0.6 is 11.6 Å². The minimum Gasteiger partial charge on any atom is -0.493 e. The zero-order valence-electron chi connectivity index (χ0n) is 30.7. The SMILES string of the molecule is Cc1c(OCCCN2CCC(O)CC2)cccc1-c1cccc2c1CC[C@@H]2Oc1cc(OCc2cncc(C#N)c2)c(CN[C@@](C)(CO)C(=O)O)cc1Cl. The number of hydrogen-bond donors (Lipinski definition) is 4. The molecule has 2 atom stereocenters. The van der Waals surface area contributed by atoms with E-state index in [1.165, 1.54) is 18.7 Å². The predicted octanol–water partition coefficient (Wildman–Crippen LogP) is 6.38. The van der Waals surface area contributed by atoms with Crippen LogP contribution in [0.2, 0.25) is 5.02 Å². The number of likely N-dealkylation sites (tertiary alicyclic amines) is 1. The molecule has 12 heteroatoms. The predicted molar refractivity (Wildman–Crippen MR) is 205 cm³/mol. The van der Waals surface area contributed by atoms with Gasteiger partial charge < -0.3 is 34.4 Å². The van der Waals surface area contributed by atoms with Crippen LogP contribution in [0.25, 0.3) is 11.1 Å². The van der Waals surface area contributed by atoms with Crippen molar-refractivity contribution in [3.05, 3.63) is 105 Å². The molecule has 1 aliphatic carbocycles. The number of pyridine rings is 1. The summed E-state index contributed by atoms with van der Waals surface area (Å²) in [7, 11) is 0. The molecule has 6 rings (SSSR count). The molecule has 4 aromatic rings. The number of hydrogen-bond acceptors (Lipinski definition) is 10. The standard InChI is InChI=1S/C42H47ClN4O7/c1-27-32(6-4-9-37(27)52-17-5-14-47-15-12-31(49)13-16-47)33-7-3-8-35-34(33)10-11-38(35)54-40-20-39(53-25-29-18-28(21-44)22-45-23-29)30(19-36(40)43)24-46-42(2,26-48)41(50)51/h3-4,6-9,18-20,22-23,31,38,46,48-49H,5,10-17,24-26H2,1-2H3,(H,50,51)/t38-,42-/m0/s1. The number of nitrogens with one attached hydrogen (secondary N) is 1. The van der Waals surface area contributed by atoms with E-state index in [0.29, 0.717) is 39.8 Å². The molecule has 0 unspecified atom stereocenters. The maximum atomic E-state index is 11.9. The summed E-state index contributed by atoms with van der Waals surface area (Å²) in [5.41, 5.74) is 5.69. The fourth-order valence-corrected chi connectivity index (χ4v) is 7.27. The molecule has 0 radical (unpaired) electrons. The summed E-state index contributed by atoms with van der Waals surface area (Å²) in [5.74, 6) is 0.497. The number of piperidine rings is 1. The third kappa shape index (κ3) is 9.14. The number of carboxylic acid groups (broad SMARTS) is 1. The molecule has 1 aromatic heterocycles. The Morgan fingerprint density at radius 2 is 1.83 bits per heavy atom. The number of aliphatic carboxylic acids is 1. The Labute approximate surface area is 321 Å². The second kappa shape index (κ2) is 17.6. The van der Waals surface area contributed by atoms with Crippen LogP contribution in [0.15, 0.2) is 67.0 Å². The van der Waals surface area contributed by atoms with Gasteiger partial charge in [0.2, 0.25) is 0 Å². The molecule has 1 fully saturated rings. The Morgan fingerprint density at radius 3 is 2.59 bits per heavy atom. The summed E-state index contributed by atoms with van der Waals surface area (Å²) >= 11 is 6.83. The van der Waals surface area contributed by atoms with E-state index < -0.39 is 18.1 Å². The van der Waals surface area contributed by atoms with Gasteiger partial charge in [0.1, 0.15) is 41.6 Å². The minimum atomic E-state index is -1.59. The number of halogens is 1. The zero-order chi connectivity index (χ0) is 38.2. The Balaban J connectivity index is 1.19. The molecule has 3 aromatic carbocycles.